The molecule has 4 unspecified atom stereocenters. The highest BCUT2D eigenvalue weighted by Crippen LogP contribution is 2.12. The van der Waals surface area contributed by atoms with Crippen LogP contribution in [0, 0.1) is 0 Å². The van der Waals surface area contributed by atoms with Gasteiger partial charge >= 0.3 is 12.8 Å². The van der Waals surface area contributed by atoms with Gasteiger partial charge in [0.2, 0.25) is 0 Å². The summed E-state index contributed by atoms with van der Waals surface area (Å²) in [5.41, 5.74) is 12.5. The molecule has 2 spiro atoms. The Morgan fingerprint density at radius 2 is 0.575 bits per heavy atom. The van der Waals surface area contributed by atoms with E-state index in [4.69, 9.17) is 0 Å². The molecule has 0 amide bonds. The molecule has 4 heterocycles. The van der Waals surface area contributed by atoms with Crippen LogP contribution in [0.2, 0.25) is 0 Å². The van der Waals surface area contributed by atoms with Crippen molar-refractivity contribution in [2.45, 2.75) is 26.2 Å². The van der Waals surface area contributed by atoms with Crippen molar-refractivity contribution in [1.82, 2.24) is 0 Å². The van der Waals surface area contributed by atoms with Crippen LogP contribution in [-0.4, -0.2) is 41.0 Å². The summed E-state index contributed by atoms with van der Waals surface area (Å²) in [5, 5.41) is 0. The molecule has 4 aliphatic rings. The summed E-state index contributed by atoms with van der Waals surface area (Å²) < 4.78 is 0. The molecule has 0 saturated heterocycles. The Bertz CT molecular complexity index is 1320. The van der Waals surface area contributed by atoms with Crippen LogP contribution in [0.5, 0.6) is 0 Å². The van der Waals surface area contributed by atoms with E-state index in [1.807, 2.05) is 0 Å². The number of nitrogens with one attached hydrogen (secondary N) is 4. The Labute approximate surface area is 251 Å². The van der Waals surface area contributed by atoms with Gasteiger partial charge in [0, 0.05) is 28.2 Å². The molecule has 0 fully saturated rings. The van der Waals surface area contributed by atoms with Gasteiger partial charge in [0.15, 0.2) is 0 Å². The number of rotatable bonds is 0. The lowest BCUT2D eigenvalue weighted by atomic mass is 9.37. The van der Waals surface area contributed by atoms with Crippen LogP contribution < -0.4 is 41.1 Å². The van der Waals surface area contributed by atoms with E-state index in [1.165, 1.54) is 22.3 Å². The van der Waals surface area contributed by atoms with Gasteiger partial charge in [-0.25, -0.2) is 0 Å². The topological polar surface area (TPSA) is 17.8 Å². The molecule has 40 heavy (non-hydrogen) atoms. The third-order valence-corrected chi connectivity index (χ3v) is 10.9. The van der Waals surface area contributed by atoms with Crippen LogP contribution in [-0.2, 0) is 26.2 Å². The van der Waals surface area contributed by atoms with Gasteiger partial charge < -0.3 is 19.2 Å². The minimum atomic E-state index is -0.700. The molecule has 208 valence electrons. The second kappa shape index (κ2) is 10.7. The summed E-state index contributed by atoms with van der Waals surface area (Å²) in [5.74, 6) is 0. The molecule has 0 aliphatic carbocycles. The van der Waals surface area contributed by atoms with Crippen LogP contribution in [0.4, 0.5) is 0 Å². The fraction of sp³-hybridized carbons (Fsp3) is 0.250. The zero-order chi connectivity index (χ0) is 26.1. The Morgan fingerprint density at radius 3 is 0.800 bits per heavy atom. The molecule has 0 radical (unpaired) electrons. The van der Waals surface area contributed by atoms with Crippen molar-refractivity contribution in [3.8, 4) is 0 Å². The number of fused-ring (bicyclic) bond motifs is 8. The third-order valence-electron chi connectivity index (χ3n) is 10.9. The minimum absolute atomic E-state index is 0. The van der Waals surface area contributed by atoms with E-state index in [0.717, 1.165) is 26.2 Å². The Kier molecular flexibility index (Phi) is 7.73. The molecule has 0 saturated carbocycles. The quantitative estimate of drug-likeness (QED) is 0.166. The van der Waals surface area contributed by atoms with E-state index in [1.54, 1.807) is 41.1 Å². The number of halogens is 2. The van der Waals surface area contributed by atoms with Crippen LogP contribution >= 0.6 is 24.8 Å². The minimum Gasteiger partial charge on any atom is -0.462 e. The molecule has 8 rings (SSSR count). The number of quaternary nitrogens is 4. The van der Waals surface area contributed by atoms with Crippen molar-refractivity contribution in [2.24, 2.45) is 0 Å². The fourth-order valence-electron chi connectivity index (χ4n) is 9.58. The highest BCUT2D eigenvalue weighted by atomic mass is 35.5. The summed E-state index contributed by atoms with van der Waals surface area (Å²) in [6, 6.07) is 36.2. The second-order valence-electron chi connectivity index (χ2n) is 12.6. The standard InChI is InChI=1S/2C16H20BN2.2ClH/c2*1-18-11-13-7-3-5-9-15(13)17(18)16-10-6-4-8-14(16)12-19(17)2;;/h2*3-10,18-19H,11-12H2,1-2H3;2*1H/q2*+1;;. The maximum Gasteiger partial charge on any atom is 0.461 e. The van der Waals surface area contributed by atoms with Crippen molar-refractivity contribution < 1.29 is 19.2 Å². The van der Waals surface area contributed by atoms with Crippen molar-refractivity contribution in [3.63, 3.8) is 0 Å². The van der Waals surface area contributed by atoms with Crippen molar-refractivity contribution in [3.05, 3.63) is 119 Å². The third kappa shape index (κ3) is 3.78. The average Bonchev–Trinajstić information content (AvgIpc) is 3.61. The monoisotopic (exact) mass is 574 g/mol. The Morgan fingerprint density at radius 1 is 0.375 bits per heavy atom. The SMILES string of the molecule is C[NH+]1Cc2ccccc2[B-]12c1ccccc1C[NH+]2C.C[NH+]1Cc2ccccc2[B-]12c1ccccc1C[NH+]2C.Cl.Cl. The maximum atomic E-state index is 2.37. The zero-order valence-corrected chi connectivity index (χ0v) is 25.7. The summed E-state index contributed by atoms with van der Waals surface area (Å²) in [7, 11) is 9.47. The smallest absolute Gasteiger partial charge is 0.461 e. The molecule has 4 nitrogen and oxygen atoms in total. The van der Waals surface area contributed by atoms with Gasteiger partial charge in [-0.1, -0.05) is 119 Å². The van der Waals surface area contributed by atoms with E-state index in [-0.39, 0.29) is 24.8 Å². The largest absolute Gasteiger partial charge is 0.462 e. The van der Waals surface area contributed by atoms with Crippen LogP contribution in [0.15, 0.2) is 97.1 Å². The molecule has 4 atom stereocenters. The lowest BCUT2D eigenvalue weighted by Gasteiger charge is -2.38. The molecular formula is C32H42B2Cl2N4+2. The van der Waals surface area contributed by atoms with Crippen molar-refractivity contribution in [2.75, 3.05) is 28.2 Å². The van der Waals surface area contributed by atoms with Gasteiger partial charge in [-0.3, -0.25) is 0 Å². The molecular weight excluding hydrogens is 533 g/mol. The maximum absolute atomic E-state index is 2.37. The lowest BCUT2D eigenvalue weighted by molar-refractivity contribution is -0.903. The number of hydrogen-bond acceptors (Lipinski definition) is 0. The molecule has 4 aromatic rings. The first kappa shape index (κ1) is 28.9. The van der Waals surface area contributed by atoms with Gasteiger partial charge in [-0.2, -0.15) is 0 Å². The number of benzene rings is 4. The van der Waals surface area contributed by atoms with E-state index in [0.29, 0.717) is 0 Å². The summed E-state index contributed by atoms with van der Waals surface area (Å²) in [6.07, 6.45) is -1.40. The van der Waals surface area contributed by atoms with Gasteiger partial charge in [0.25, 0.3) is 0 Å². The van der Waals surface area contributed by atoms with E-state index < -0.39 is 12.8 Å². The van der Waals surface area contributed by atoms with Crippen LogP contribution in [0.25, 0.3) is 0 Å². The number of hydrogen-bond donors (Lipinski definition) is 4. The van der Waals surface area contributed by atoms with Crippen molar-refractivity contribution >= 4 is 59.5 Å². The summed E-state index contributed by atoms with van der Waals surface area (Å²) in [4.78, 5) is 6.62. The Hall–Kier alpha value is -2.57. The molecule has 4 aromatic carbocycles. The van der Waals surface area contributed by atoms with Gasteiger partial charge in [0.05, 0.1) is 26.2 Å². The van der Waals surface area contributed by atoms with Crippen LogP contribution in [0.3, 0.4) is 0 Å². The highest BCUT2D eigenvalue weighted by molar-refractivity contribution is 6.91. The molecule has 4 aliphatic heterocycles. The first-order valence-electron chi connectivity index (χ1n) is 14.4. The second-order valence-corrected chi connectivity index (χ2v) is 12.6. The summed E-state index contributed by atoms with van der Waals surface area (Å²) >= 11 is 0. The predicted molar refractivity (Wildman–Crippen MR) is 173 cm³/mol. The molecule has 0 aromatic heterocycles. The first-order valence-corrected chi connectivity index (χ1v) is 14.4. The highest BCUT2D eigenvalue weighted by Gasteiger charge is 2.59. The van der Waals surface area contributed by atoms with Gasteiger partial charge in [0.1, 0.15) is 0 Å². The average molecular weight is 575 g/mol. The first-order chi connectivity index (χ1) is 18.5. The van der Waals surface area contributed by atoms with E-state index in [9.17, 15) is 0 Å². The molecule has 0 bridgehead atoms. The predicted octanol–water partition coefficient (Wildman–Crippen LogP) is -2.56. The van der Waals surface area contributed by atoms with Crippen molar-refractivity contribution in [1.29, 1.82) is 0 Å². The summed E-state index contributed by atoms with van der Waals surface area (Å²) in [6.45, 7) is 4.62. The fourth-order valence-corrected chi connectivity index (χ4v) is 9.58. The van der Waals surface area contributed by atoms with E-state index in [2.05, 4.69) is 125 Å². The molecule has 8 heteroatoms. The lowest BCUT2D eigenvalue weighted by Crippen LogP contribution is -3.43. The Balaban J connectivity index is 0.000000154. The normalized spacial score (nSPS) is 29.9. The van der Waals surface area contributed by atoms with Gasteiger partial charge in [-0.05, 0) is 22.3 Å². The van der Waals surface area contributed by atoms with E-state index >= 15 is 0 Å². The van der Waals surface area contributed by atoms with Gasteiger partial charge in [-0.15, -0.1) is 24.8 Å². The zero-order valence-electron chi connectivity index (χ0n) is 24.0. The molecule has 4 N–H and O–H groups in total. The van der Waals surface area contributed by atoms with Crippen LogP contribution in [0.1, 0.15) is 22.3 Å².